The van der Waals surface area contributed by atoms with E-state index < -0.39 is 0 Å². The monoisotopic (exact) mass is 625 g/mol. The number of rotatable bonds is 8. The molecule has 227 valence electrons. The Morgan fingerprint density at radius 3 is 1.16 bits per heavy atom. The largest absolute Gasteiger partial charge is 0.813 e. The summed E-state index contributed by atoms with van der Waals surface area (Å²) < 4.78 is 5.36. The number of hydrogen-bond donors (Lipinski definition) is 0. The summed E-state index contributed by atoms with van der Waals surface area (Å²) in [6.07, 6.45) is 17.8. The van der Waals surface area contributed by atoms with E-state index in [-0.39, 0.29) is 42.7 Å². The zero-order chi connectivity index (χ0) is 29.0. The highest BCUT2D eigenvalue weighted by Crippen LogP contribution is 2.38. The van der Waals surface area contributed by atoms with E-state index in [2.05, 4.69) is 86.8 Å². The van der Waals surface area contributed by atoms with Crippen LogP contribution in [0.15, 0.2) is 43.7 Å². The van der Waals surface area contributed by atoms with Crippen LogP contribution in [0.4, 0.5) is 0 Å². The highest BCUT2D eigenvalue weighted by Gasteiger charge is 2.30. The number of allylic oxidation sites excluding steroid dienone is 4. The van der Waals surface area contributed by atoms with E-state index in [0.29, 0.717) is 0 Å². The Balaban J connectivity index is 0.00000212. The summed E-state index contributed by atoms with van der Waals surface area (Å²) in [6.45, 7) is 18.5. The predicted octanol–water partition coefficient (Wildman–Crippen LogP) is 6.34. The summed E-state index contributed by atoms with van der Waals surface area (Å²) in [7, 11) is 0. The standard InChI is InChI=1S/C36H44N4.Al.2H2S/c1-9-21-22(10-2)30-18-32-25(13-5)26(14-6)34(39-32)20-36-28(16-8)27(15-7)35(40-36)19-33-24(12-4)23(11-3)31(38-33)17-29(21)37-30;;;/h17-20H,9-16H2,1-8H3;;2*1H2/q-2;+2;;/p-2. The van der Waals surface area contributed by atoms with E-state index in [9.17, 15) is 0 Å². The number of aliphatic imine (C=N–C) groups is 2. The molecule has 4 aliphatic rings. The molecule has 4 nitrogen and oxygen atoms in total. The SMILES string of the molecule is CCC1=C(CC)C2=NC1=Cc1c(CC)c(CC)c3[n]1[Al][n]1c(c(CC)c(CC)c1=CC1=NC(=C3)C(CC)=C1CC)=C2.[SH-].[SH-]. The third-order valence-electron chi connectivity index (χ3n) is 9.60. The van der Waals surface area contributed by atoms with E-state index in [1.54, 1.807) is 0 Å². The fourth-order valence-electron chi connectivity index (χ4n) is 7.75. The Labute approximate surface area is 278 Å². The number of hydrogen-bond acceptors (Lipinski definition) is 4. The molecule has 0 spiro atoms. The second-order valence-electron chi connectivity index (χ2n) is 11.4. The molecule has 4 aliphatic heterocycles. The molecule has 2 aromatic rings. The van der Waals surface area contributed by atoms with E-state index >= 15 is 0 Å². The van der Waals surface area contributed by atoms with Gasteiger partial charge in [-0.2, -0.15) is 0 Å². The second kappa shape index (κ2) is 13.4. The highest BCUT2D eigenvalue weighted by atomic mass is 32.1. The lowest BCUT2D eigenvalue weighted by Gasteiger charge is -2.15. The van der Waals surface area contributed by atoms with Crippen molar-refractivity contribution in [3.63, 3.8) is 0 Å². The molecule has 0 saturated carbocycles. The molecule has 2 aromatic heterocycles. The van der Waals surface area contributed by atoms with Crippen molar-refractivity contribution in [1.82, 2.24) is 7.10 Å². The van der Waals surface area contributed by atoms with Crippen molar-refractivity contribution in [2.45, 2.75) is 107 Å². The first-order chi connectivity index (χ1) is 20.0. The number of fused-ring (bicyclic) bond motifs is 2. The van der Waals surface area contributed by atoms with Crippen LogP contribution in [0.2, 0.25) is 0 Å². The van der Waals surface area contributed by atoms with Gasteiger partial charge in [-0.25, -0.2) is 9.98 Å². The van der Waals surface area contributed by atoms with Crippen LogP contribution in [0, 0.1) is 0 Å². The van der Waals surface area contributed by atoms with Crippen molar-refractivity contribution in [3.8, 4) is 0 Å². The maximum atomic E-state index is 5.38. The second-order valence-corrected chi connectivity index (χ2v) is 12.7. The van der Waals surface area contributed by atoms with E-state index in [4.69, 9.17) is 9.98 Å². The summed E-state index contributed by atoms with van der Waals surface area (Å²) in [5, 5.41) is 2.72. The van der Waals surface area contributed by atoms with Crippen LogP contribution < -0.4 is 10.7 Å². The zero-order valence-corrected chi connectivity index (χ0v) is 30.2. The van der Waals surface area contributed by atoms with E-state index in [1.807, 2.05) is 0 Å². The molecule has 6 rings (SSSR count). The fraction of sp³-hybridized carbons (Fsp3) is 0.444. The molecule has 43 heavy (non-hydrogen) atoms. The Kier molecular flexibility index (Phi) is 10.5. The van der Waals surface area contributed by atoms with Gasteiger partial charge in [-0.1, -0.05) is 55.4 Å². The van der Waals surface area contributed by atoms with Gasteiger partial charge in [-0.3, -0.25) is 0 Å². The van der Waals surface area contributed by atoms with Gasteiger partial charge in [0, 0.05) is 22.1 Å². The zero-order valence-electron chi connectivity index (χ0n) is 27.2. The summed E-state index contributed by atoms with van der Waals surface area (Å²) in [5.74, 6) is 0. The Bertz CT molecular complexity index is 1660. The lowest BCUT2D eigenvalue weighted by Crippen LogP contribution is -2.38. The van der Waals surface area contributed by atoms with Gasteiger partial charge >= 0.3 is 15.7 Å². The molecule has 0 aromatic carbocycles. The average molecular weight is 626 g/mol. The minimum atomic E-state index is -0.268. The van der Waals surface area contributed by atoms with Crippen molar-refractivity contribution >= 4 is 78.4 Å². The minimum absolute atomic E-state index is 0. The van der Waals surface area contributed by atoms with Gasteiger partial charge in [-0.05, 0) is 120 Å². The van der Waals surface area contributed by atoms with Crippen LogP contribution in [0.1, 0.15) is 115 Å². The van der Waals surface area contributed by atoms with E-state index in [1.165, 1.54) is 89.4 Å². The van der Waals surface area contributed by atoms with Crippen molar-refractivity contribution in [2.24, 2.45) is 9.98 Å². The van der Waals surface area contributed by atoms with Crippen molar-refractivity contribution < 1.29 is 0 Å². The van der Waals surface area contributed by atoms with Gasteiger partial charge < -0.3 is 34.1 Å². The third-order valence-corrected chi connectivity index (χ3v) is 11.2. The van der Waals surface area contributed by atoms with Crippen molar-refractivity contribution in [1.29, 1.82) is 0 Å². The molecule has 0 unspecified atom stereocenters. The van der Waals surface area contributed by atoms with Crippen molar-refractivity contribution in [2.75, 3.05) is 0 Å². The molecule has 7 heteroatoms. The quantitative estimate of drug-likeness (QED) is 0.195. The van der Waals surface area contributed by atoms with Gasteiger partial charge in [0.2, 0.25) is 0 Å². The first-order valence-electron chi connectivity index (χ1n) is 16.1. The molecular weight excluding hydrogens is 580 g/mol. The summed E-state index contributed by atoms with van der Waals surface area (Å²) >= 11 is -0.268. The maximum absolute atomic E-state index is 5.38. The Morgan fingerprint density at radius 2 is 0.837 bits per heavy atom. The first-order valence-corrected chi connectivity index (χ1v) is 17.1. The minimum Gasteiger partial charge on any atom is -0.813 e. The maximum Gasteiger partial charge on any atom is 0.563 e. The van der Waals surface area contributed by atoms with Gasteiger partial charge in [0.05, 0.1) is 22.8 Å². The molecule has 0 N–H and O–H groups in total. The van der Waals surface area contributed by atoms with Gasteiger partial charge in [-0.15, -0.1) is 0 Å². The smallest absolute Gasteiger partial charge is 0.563 e. The predicted molar refractivity (Wildman–Crippen MR) is 195 cm³/mol. The summed E-state index contributed by atoms with van der Waals surface area (Å²) in [4.78, 5) is 10.8. The molecule has 0 saturated heterocycles. The lowest BCUT2D eigenvalue weighted by atomic mass is 9.97. The van der Waals surface area contributed by atoms with Crippen LogP contribution >= 0.6 is 0 Å². The van der Waals surface area contributed by atoms with Crippen LogP contribution in [-0.2, 0) is 52.7 Å². The Morgan fingerprint density at radius 1 is 0.465 bits per heavy atom. The summed E-state index contributed by atoms with van der Waals surface area (Å²) in [5.41, 5.74) is 19.0. The molecule has 0 aliphatic carbocycles. The molecule has 6 bridgehead atoms. The van der Waals surface area contributed by atoms with Crippen LogP contribution in [-0.4, -0.2) is 34.2 Å². The summed E-state index contributed by atoms with van der Waals surface area (Å²) in [6, 6.07) is 0. The molecule has 0 atom stereocenters. The van der Waals surface area contributed by atoms with Gasteiger partial charge in [0.1, 0.15) is 0 Å². The third kappa shape index (κ3) is 5.09. The fourth-order valence-corrected chi connectivity index (χ4v) is 9.40. The van der Waals surface area contributed by atoms with Crippen LogP contribution in [0.5, 0.6) is 0 Å². The van der Waals surface area contributed by atoms with Crippen LogP contribution in [0.3, 0.4) is 0 Å². The molecular formula is C36H46AlN4S2-2. The normalized spacial score (nSPS) is 16.3. The molecule has 1 radical (unpaired) electrons. The van der Waals surface area contributed by atoms with Gasteiger partial charge in [0.15, 0.2) is 0 Å². The molecule has 6 heterocycles. The highest BCUT2D eigenvalue weighted by molar-refractivity contribution is 7.37. The van der Waals surface area contributed by atoms with Gasteiger partial charge in [0.25, 0.3) is 0 Å². The van der Waals surface area contributed by atoms with E-state index in [0.717, 1.165) is 51.4 Å². The Hall–Kier alpha value is -2.17. The average Bonchev–Trinajstić information content (AvgIpc) is 3.67. The first kappa shape index (κ1) is 33.7. The number of nitrogens with zero attached hydrogens (tertiary/aromatic N) is 4. The number of thiol groups is 2. The molecule has 0 amide bonds. The van der Waals surface area contributed by atoms with Crippen LogP contribution in [0.25, 0.3) is 24.3 Å². The lowest BCUT2D eigenvalue weighted by molar-refractivity contribution is 1.00. The molecule has 0 fully saturated rings. The van der Waals surface area contributed by atoms with Crippen molar-refractivity contribution in [3.05, 3.63) is 78.0 Å². The topological polar surface area (TPSA) is 34.6 Å². The number of aromatic nitrogens is 2.